The van der Waals surface area contributed by atoms with Gasteiger partial charge in [0.15, 0.2) is 10.6 Å². The van der Waals surface area contributed by atoms with E-state index in [1.165, 1.54) is 0 Å². The Morgan fingerprint density at radius 1 is 1.28 bits per heavy atom. The summed E-state index contributed by atoms with van der Waals surface area (Å²) in [6.07, 6.45) is 0. The van der Waals surface area contributed by atoms with Crippen LogP contribution < -0.4 is 4.74 Å². The third kappa shape index (κ3) is 3.97. The Morgan fingerprint density at radius 2 is 2.08 bits per heavy atom. The molecule has 0 radical (unpaired) electrons. The standard InChI is InChI=1S/C18H16ClN3O2S/c1-11-4-3-5-13(8-11)17-20-21-18(25)22(17)10-16(23)24-15-7-6-14(19)9-12(15)2/h3-9H,10H2,1-2H3,(H,21,25). The zero-order chi connectivity index (χ0) is 18.0. The van der Waals surface area contributed by atoms with Crippen molar-refractivity contribution in [1.82, 2.24) is 14.8 Å². The summed E-state index contributed by atoms with van der Waals surface area (Å²) in [5.74, 6) is 0.636. The highest BCUT2D eigenvalue weighted by molar-refractivity contribution is 7.71. The molecule has 0 spiro atoms. The Hall–Kier alpha value is -2.44. The molecular formula is C18H16ClN3O2S. The van der Waals surface area contributed by atoms with Crippen LogP contribution in [0, 0.1) is 18.6 Å². The van der Waals surface area contributed by atoms with E-state index in [1.807, 2.05) is 38.1 Å². The van der Waals surface area contributed by atoms with Crippen molar-refractivity contribution in [3.05, 3.63) is 63.4 Å². The molecule has 25 heavy (non-hydrogen) atoms. The van der Waals surface area contributed by atoms with E-state index in [9.17, 15) is 4.79 Å². The van der Waals surface area contributed by atoms with Crippen LogP contribution in [0.4, 0.5) is 0 Å². The minimum atomic E-state index is -0.433. The number of esters is 1. The van der Waals surface area contributed by atoms with Gasteiger partial charge in [-0.2, -0.15) is 5.10 Å². The summed E-state index contributed by atoms with van der Waals surface area (Å²) in [5, 5.41) is 7.56. The molecule has 128 valence electrons. The molecule has 1 heterocycles. The molecular weight excluding hydrogens is 358 g/mol. The van der Waals surface area contributed by atoms with Gasteiger partial charge in [0, 0.05) is 10.6 Å². The Bertz CT molecular complexity index is 994. The SMILES string of the molecule is Cc1cccc(-c2n[nH]c(=S)n2CC(=O)Oc2ccc(Cl)cc2C)c1. The van der Waals surface area contributed by atoms with Crippen LogP contribution in [0.25, 0.3) is 11.4 Å². The number of ether oxygens (including phenoxy) is 1. The lowest BCUT2D eigenvalue weighted by atomic mass is 10.1. The highest BCUT2D eigenvalue weighted by atomic mass is 35.5. The monoisotopic (exact) mass is 373 g/mol. The number of hydrogen-bond donors (Lipinski definition) is 1. The smallest absolute Gasteiger partial charge is 0.331 e. The predicted octanol–water partition coefficient (Wildman–Crippen LogP) is 4.48. The second-order valence-electron chi connectivity index (χ2n) is 5.69. The summed E-state index contributed by atoms with van der Waals surface area (Å²) in [4.78, 5) is 12.4. The number of aromatic nitrogens is 3. The molecule has 5 nitrogen and oxygen atoms in total. The lowest BCUT2D eigenvalue weighted by molar-refractivity contribution is -0.135. The topological polar surface area (TPSA) is 59.9 Å². The summed E-state index contributed by atoms with van der Waals surface area (Å²) >= 11 is 11.2. The number of carbonyl (C=O) groups excluding carboxylic acids is 1. The molecule has 0 saturated heterocycles. The molecule has 0 aliphatic heterocycles. The van der Waals surface area contributed by atoms with Crippen LogP contribution in [0.5, 0.6) is 5.75 Å². The fraction of sp³-hybridized carbons (Fsp3) is 0.167. The first-order valence-corrected chi connectivity index (χ1v) is 8.42. The average molecular weight is 374 g/mol. The number of halogens is 1. The molecule has 2 aromatic carbocycles. The van der Waals surface area contributed by atoms with Gasteiger partial charge < -0.3 is 4.74 Å². The quantitative estimate of drug-likeness (QED) is 0.416. The van der Waals surface area contributed by atoms with Crippen LogP contribution in [0.3, 0.4) is 0 Å². The van der Waals surface area contributed by atoms with Gasteiger partial charge in [0.2, 0.25) is 0 Å². The van der Waals surface area contributed by atoms with Gasteiger partial charge in [0.05, 0.1) is 0 Å². The number of hydrogen-bond acceptors (Lipinski definition) is 4. The molecule has 0 aliphatic rings. The van der Waals surface area contributed by atoms with Crippen molar-refractivity contribution in [1.29, 1.82) is 0 Å². The summed E-state index contributed by atoms with van der Waals surface area (Å²) in [6, 6.07) is 12.9. The van der Waals surface area contributed by atoms with E-state index in [0.29, 0.717) is 21.4 Å². The minimum absolute atomic E-state index is 0.0410. The van der Waals surface area contributed by atoms with Crippen LogP contribution in [0.1, 0.15) is 11.1 Å². The summed E-state index contributed by atoms with van der Waals surface area (Å²) in [6.45, 7) is 3.78. The van der Waals surface area contributed by atoms with Gasteiger partial charge in [0.25, 0.3) is 0 Å². The molecule has 0 amide bonds. The number of aromatic amines is 1. The third-order valence-corrected chi connectivity index (χ3v) is 4.23. The summed E-state index contributed by atoms with van der Waals surface area (Å²) in [5.41, 5.74) is 2.76. The third-order valence-electron chi connectivity index (χ3n) is 3.68. The van der Waals surface area contributed by atoms with E-state index in [2.05, 4.69) is 10.2 Å². The fourth-order valence-electron chi connectivity index (χ4n) is 2.48. The number of nitrogens with one attached hydrogen (secondary N) is 1. The van der Waals surface area contributed by atoms with Gasteiger partial charge >= 0.3 is 5.97 Å². The largest absolute Gasteiger partial charge is 0.425 e. The van der Waals surface area contributed by atoms with Crippen molar-refractivity contribution >= 4 is 29.8 Å². The number of carbonyl (C=O) groups is 1. The van der Waals surface area contributed by atoms with Gasteiger partial charge in [0.1, 0.15) is 12.3 Å². The zero-order valence-corrected chi connectivity index (χ0v) is 15.3. The second kappa shape index (κ2) is 7.21. The van der Waals surface area contributed by atoms with Crippen molar-refractivity contribution in [2.24, 2.45) is 0 Å². The maximum Gasteiger partial charge on any atom is 0.331 e. The molecule has 1 N–H and O–H groups in total. The molecule has 0 atom stereocenters. The van der Waals surface area contributed by atoms with Gasteiger partial charge in [-0.1, -0.05) is 35.4 Å². The first kappa shape index (κ1) is 17.4. The van der Waals surface area contributed by atoms with Crippen molar-refractivity contribution in [2.45, 2.75) is 20.4 Å². The Labute approximate surface area is 155 Å². The highest BCUT2D eigenvalue weighted by Gasteiger charge is 2.15. The number of aryl methyl sites for hydroxylation is 2. The van der Waals surface area contributed by atoms with E-state index in [4.69, 9.17) is 28.6 Å². The normalized spacial score (nSPS) is 10.7. The van der Waals surface area contributed by atoms with Gasteiger partial charge in [-0.3, -0.25) is 9.67 Å². The van der Waals surface area contributed by atoms with E-state index in [1.54, 1.807) is 22.8 Å². The molecule has 7 heteroatoms. The second-order valence-corrected chi connectivity index (χ2v) is 6.52. The van der Waals surface area contributed by atoms with E-state index < -0.39 is 5.97 Å². The zero-order valence-electron chi connectivity index (χ0n) is 13.7. The number of rotatable bonds is 4. The van der Waals surface area contributed by atoms with Crippen LogP contribution in [-0.4, -0.2) is 20.7 Å². The lowest BCUT2D eigenvalue weighted by Crippen LogP contribution is -2.17. The number of benzene rings is 2. The van der Waals surface area contributed by atoms with Crippen LogP contribution in [0.2, 0.25) is 5.02 Å². The Morgan fingerprint density at radius 3 is 2.80 bits per heavy atom. The van der Waals surface area contributed by atoms with Gasteiger partial charge in [-0.15, -0.1) is 0 Å². The molecule has 0 unspecified atom stereocenters. The first-order chi connectivity index (χ1) is 11.9. The van der Waals surface area contributed by atoms with Gasteiger partial charge in [-0.25, -0.2) is 4.79 Å². The van der Waals surface area contributed by atoms with Crippen molar-refractivity contribution in [3.8, 4) is 17.1 Å². The van der Waals surface area contributed by atoms with E-state index in [0.717, 1.165) is 16.7 Å². The van der Waals surface area contributed by atoms with E-state index in [-0.39, 0.29) is 6.54 Å². The predicted molar refractivity (Wildman–Crippen MR) is 99.4 cm³/mol. The molecule has 3 aromatic rings. The van der Waals surface area contributed by atoms with Crippen molar-refractivity contribution in [3.63, 3.8) is 0 Å². The maximum atomic E-state index is 12.4. The van der Waals surface area contributed by atoms with E-state index >= 15 is 0 Å². The summed E-state index contributed by atoms with van der Waals surface area (Å²) < 4.78 is 7.42. The molecule has 0 aliphatic carbocycles. The van der Waals surface area contributed by atoms with Crippen molar-refractivity contribution < 1.29 is 9.53 Å². The molecule has 3 rings (SSSR count). The summed E-state index contributed by atoms with van der Waals surface area (Å²) in [7, 11) is 0. The fourth-order valence-corrected chi connectivity index (χ4v) is 2.90. The Kier molecular flexibility index (Phi) is 5.01. The molecule has 0 bridgehead atoms. The first-order valence-electron chi connectivity index (χ1n) is 7.63. The number of H-pyrrole nitrogens is 1. The molecule has 0 saturated carbocycles. The molecule has 0 fully saturated rings. The van der Waals surface area contributed by atoms with Gasteiger partial charge in [-0.05, 0) is 55.9 Å². The van der Waals surface area contributed by atoms with Crippen molar-refractivity contribution in [2.75, 3.05) is 0 Å². The van der Waals surface area contributed by atoms with Crippen LogP contribution in [-0.2, 0) is 11.3 Å². The highest BCUT2D eigenvalue weighted by Crippen LogP contribution is 2.23. The lowest BCUT2D eigenvalue weighted by Gasteiger charge is -2.10. The molecule has 1 aromatic heterocycles. The minimum Gasteiger partial charge on any atom is -0.425 e. The number of nitrogens with zero attached hydrogens (tertiary/aromatic N) is 2. The van der Waals surface area contributed by atoms with Crippen LogP contribution in [0.15, 0.2) is 42.5 Å². The average Bonchev–Trinajstić information content (AvgIpc) is 2.91. The maximum absolute atomic E-state index is 12.4. The Balaban J connectivity index is 1.84. The van der Waals surface area contributed by atoms with Crippen LogP contribution >= 0.6 is 23.8 Å².